The van der Waals surface area contributed by atoms with Crippen LogP contribution in [0.15, 0.2) is 46.9 Å². The third-order valence-corrected chi connectivity index (χ3v) is 6.35. The van der Waals surface area contributed by atoms with E-state index in [0.29, 0.717) is 16.7 Å². The van der Waals surface area contributed by atoms with Crippen LogP contribution >= 0.6 is 15.9 Å². The van der Waals surface area contributed by atoms with Gasteiger partial charge in [-0.25, -0.2) is 0 Å². The Labute approximate surface area is 188 Å². The van der Waals surface area contributed by atoms with Gasteiger partial charge >= 0.3 is 0 Å². The first-order valence-electron chi connectivity index (χ1n) is 10.0. The van der Waals surface area contributed by atoms with Gasteiger partial charge in [0.1, 0.15) is 6.04 Å². The molecule has 8 heteroatoms. The van der Waals surface area contributed by atoms with Crippen molar-refractivity contribution in [1.82, 2.24) is 15.5 Å². The third-order valence-electron chi connectivity index (χ3n) is 5.82. The second kappa shape index (κ2) is 7.92. The van der Waals surface area contributed by atoms with Crippen molar-refractivity contribution in [3.05, 3.63) is 69.2 Å². The van der Waals surface area contributed by atoms with Crippen molar-refractivity contribution in [1.29, 1.82) is 0 Å². The molecule has 4 rings (SSSR count). The fourth-order valence-corrected chi connectivity index (χ4v) is 4.35. The number of benzene rings is 2. The molecule has 2 aliphatic heterocycles. The summed E-state index contributed by atoms with van der Waals surface area (Å²) in [4.78, 5) is 51.3. The summed E-state index contributed by atoms with van der Waals surface area (Å²) in [5, 5.41) is 5.34. The van der Waals surface area contributed by atoms with Crippen LogP contribution in [-0.2, 0) is 21.7 Å². The minimum atomic E-state index is -0.715. The number of imide groups is 1. The Kier molecular flexibility index (Phi) is 5.43. The first kappa shape index (κ1) is 21.2. The molecule has 2 heterocycles. The normalized spacial score (nSPS) is 18.6. The number of hydrogen-bond donors (Lipinski definition) is 2. The van der Waals surface area contributed by atoms with Crippen LogP contribution in [0.3, 0.4) is 0 Å². The highest BCUT2D eigenvalue weighted by Crippen LogP contribution is 2.31. The van der Waals surface area contributed by atoms with Crippen LogP contribution in [0.5, 0.6) is 0 Å². The average molecular weight is 484 g/mol. The van der Waals surface area contributed by atoms with Gasteiger partial charge in [-0.05, 0) is 55.7 Å². The van der Waals surface area contributed by atoms with E-state index in [1.807, 2.05) is 38.1 Å². The summed E-state index contributed by atoms with van der Waals surface area (Å²) >= 11 is 3.41. The summed E-state index contributed by atoms with van der Waals surface area (Å²) in [7, 11) is 0. The number of halogens is 1. The van der Waals surface area contributed by atoms with Gasteiger partial charge in [-0.2, -0.15) is 0 Å². The van der Waals surface area contributed by atoms with Crippen molar-refractivity contribution in [3.63, 3.8) is 0 Å². The molecule has 31 heavy (non-hydrogen) atoms. The van der Waals surface area contributed by atoms with Crippen LogP contribution in [0.2, 0.25) is 0 Å². The van der Waals surface area contributed by atoms with Crippen LogP contribution < -0.4 is 10.6 Å². The van der Waals surface area contributed by atoms with Gasteiger partial charge in [0.2, 0.25) is 11.8 Å². The molecule has 4 amide bonds. The fraction of sp³-hybridized carbons (Fsp3) is 0.304. The van der Waals surface area contributed by atoms with Crippen molar-refractivity contribution < 1.29 is 19.2 Å². The molecule has 160 valence electrons. The van der Waals surface area contributed by atoms with E-state index in [-0.39, 0.29) is 37.1 Å². The lowest BCUT2D eigenvalue weighted by Gasteiger charge is -2.29. The Morgan fingerprint density at radius 3 is 2.52 bits per heavy atom. The van der Waals surface area contributed by atoms with Crippen molar-refractivity contribution in [2.45, 2.75) is 44.8 Å². The van der Waals surface area contributed by atoms with Gasteiger partial charge < -0.3 is 10.2 Å². The largest absolute Gasteiger partial charge is 0.343 e. The van der Waals surface area contributed by atoms with E-state index in [0.717, 1.165) is 10.0 Å². The molecule has 2 aliphatic rings. The molecule has 0 radical (unpaired) electrons. The molecule has 0 spiro atoms. The SMILES string of the molecule is CC(C)(NC(=O)c1cccc2c1CN(C1CCC(=O)NC1=O)C2=O)c1ccc(Br)cc1. The average Bonchev–Trinajstić information content (AvgIpc) is 3.04. The molecule has 1 fully saturated rings. The lowest BCUT2D eigenvalue weighted by Crippen LogP contribution is -2.52. The van der Waals surface area contributed by atoms with Crippen LogP contribution in [0.4, 0.5) is 0 Å². The second-order valence-corrected chi connectivity index (χ2v) is 9.23. The first-order chi connectivity index (χ1) is 14.7. The van der Waals surface area contributed by atoms with E-state index in [2.05, 4.69) is 26.6 Å². The summed E-state index contributed by atoms with van der Waals surface area (Å²) in [5.41, 5.74) is 1.73. The molecule has 7 nitrogen and oxygen atoms in total. The van der Waals surface area contributed by atoms with E-state index in [9.17, 15) is 19.2 Å². The number of hydrogen-bond acceptors (Lipinski definition) is 4. The number of nitrogens with zero attached hydrogens (tertiary/aromatic N) is 1. The van der Waals surface area contributed by atoms with Crippen molar-refractivity contribution in [2.75, 3.05) is 0 Å². The highest BCUT2D eigenvalue weighted by Gasteiger charge is 2.40. The Morgan fingerprint density at radius 1 is 1.13 bits per heavy atom. The molecular formula is C23H22BrN3O4. The summed E-state index contributed by atoms with van der Waals surface area (Å²) in [5.74, 6) is -1.39. The lowest BCUT2D eigenvalue weighted by atomic mass is 9.93. The smallest absolute Gasteiger partial charge is 0.255 e. The molecule has 0 aromatic heterocycles. The molecule has 1 atom stereocenters. The minimum Gasteiger partial charge on any atom is -0.343 e. The van der Waals surface area contributed by atoms with E-state index in [1.165, 1.54) is 4.90 Å². The highest BCUT2D eigenvalue weighted by atomic mass is 79.9. The van der Waals surface area contributed by atoms with Crippen LogP contribution in [0.25, 0.3) is 0 Å². The van der Waals surface area contributed by atoms with E-state index in [1.54, 1.807) is 18.2 Å². The quantitative estimate of drug-likeness (QED) is 0.653. The standard InChI is InChI=1S/C23H22BrN3O4/c1-23(2,13-6-8-14(24)9-7-13)26-20(29)15-4-3-5-16-17(15)12-27(22(16)31)18-10-11-19(28)25-21(18)30/h3-9,18H,10-12H2,1-2H3,(H,26,29)(H,25,28,30). The molecular weight excluding hydrogens is 462 g/mol. The topological polar surface area (TPSA) is 95.6 Å². The summed E-state index contributed by atoms with van der Waals surface area (Å²) in [6.45, 7) is 3.99. The summed E-state index contributed by atoms with van der Waals surface area (Å²) < 4.78 is 0.950. The van der Waals surface area contributed by atoms with E-state index >= 15 is 0 Å². The van der Waals surface area contributed by atoms with Gasteiger partial charge in [0.15, 0.2) is 0 Å². The number of amides is 4. The predicted octanol–water partition coefficient (Wildman–Crippen LogP) is 2.88. The number of nitrogens with one attached hydrogen (secondary N) is 2. The monoisotopic (exact) mass is 483 g/mol. The van der Waals surface area contributed by atoms with Crippen LogP contribution in [0, 0.1) is 0 Å². The van der Waals surface area contributed by atoms with Crippen molar-refractivity contribution in [2.24, 2.45) is 0 Å². The van der Waals surface area contributed by atoms with Crippen molar-refractivity contribution in [3.8, 4) is 0 Å². The van der Waals surface area contributed by atoms with E-state index < -0.39 is 17.5 Å². The number of fused-ring (bicyclic) bond motifs is 1. The molecule has 0 bridgehead atoms. The number of carbonyl (C=O) groups excluding carboxylic acids is 4. The van der Waals surface area contributed by atoms with Gasteiger partial charge in [0, 0.05) is 28.6 Å². The summed E-state index contributed by atoms with van der Waals surface area (Å²) in [6.07, 6.45) is 0.466. The second-order valence-electron chi connectivity index (χ2n) is 8.32. The zero-order valence-electron chi connectivity index (χ0n) is 17.2. The van der Waals surface area contributed by atoms with Crippen LogP contribution in [0.1, 0.15) is 58.5 Å². The lowest BCUT2D eigenvalue weighted by molar-refractivity contribution is -0.136. The molecule has 2 aromatic rings. The molecule has 0 aliphatic carbocycles. The molecule has 2 N–H and O–H groups in total. The van der Waals surface area contributed by atoms with Gasteiger partial charge in [0.05, 0.1) is 5.54 Å². The number of piperidine rings is 1. The van der Waals surface area contributed by atoms with Gasteiger partial charge in [-0.3, -0.25) is 24.5 Å². The zero-order valence-corrected chi connectivity index (χ0v) is 18.8. The summed E-state index contributed by atoms with van der Waals surface area (Å²) in [6, 6.07) is 12.0. The maximum absolute atomic E-state index is 13.2. The van der Waals surface area contributed by atoms with Gasteiger partial charge in [-0.15, -0.1) is 0 Å². The number of rotatable bonds is 4. The van der Waals surface area contributed by atoms with Crippen molar-refractivity contribution >= 4 is 39.6 Å². The zero-order chi connectivity index (χ0) is 22.3. The first-order valence-corrected chi connectivity index (χ1v) is 10.8. The maximum atomic E-state index is 13.2. The van der Waals surface area contributed by atoms with Crippen LogP contribution in [-0.4, -0.2) is 34.6 Å². The fourth-order valence-electron chi connectivity index (χ4n) is 4.09. The highest BCUT2D eigenvalue weighted by molar-refractivity contribution is 9.10. The van der Waals surface area contributed by atoms with E-state index in [4.69, 9.17) is 0 Å². The Morgan fingerprint density at radius 2 is 1.84 bits per heavy atom. The molecule has 0 saturated carbocycles. The Balaban J connectivity index is 1.58. The molecule has 1 unspecified atom stereocenters. The Hall–Kier alpha value is -3.00. The predicted molar refractivity (Wildman–Crippen MR) is 117 cm³/mol. The Bertz CT molecular complexity index is 1090. The maximum Gasteiger partial charge on any atom is 0.255 e. The number of carbonyl (C=O) groups is 4. The molecule has 1 saturated heterocycles. The van der Waals surface area contributed by atoms with Gasteiger partial charge in [0.25, 0.3) is 11.8 Å². The minimum absolute atomic E-state index is 0.156. The molecule has 2 aromatic carbocycles. The van der Waals surface area contributed by atoms with Gasteiger partial charge in [-0.1, -0.05) is 34.1 Å². The third kappa shape index (κ3) is 3.99.